The largest absolute Gasteiger partial charge is 0.495 e. The van der Waals surface area contributed by atoms with Gasteiger partial charge in [-0.1, -0.05) is 56.3 Å². The summed E-state index contributed by atoms with van der Waals surface area (Å²) < 4.78 is 35.8. The van der Waals surface area contributed by atoms with Crippen molar-refractivity contribution in [3.05, 3.63) is 78.4 Å². The summed E-state index contributed by atoms with van der Waals surface area (Å²) in [6.45, 7) is 8.10. The van der Waals surface area contributed by atoms with Crippen LogP contribution in [-0.2, 0) is 14.8 Å². The second-order valence-electron chi connectivity index (χ2n) is 9.73. The lowest BCUT2D eigenvalue weighted by atomic mass is 10.1. The van der Waals surface area contributed by atoms with Gasteiger partial charge in [-0.2, -0.15) is 0 Å². The number of nitrogens with one attached hydrogen (secondary N) is 2. The van der Waals surface area contributed by atoms with Crippen LogP contribution >= 0.6 is 0 Å². The first-order valence-corrected chi connectivity index (χ1v) is 14.3. The topological polar surface area (TPSA) is 91.0 Å². The van der Waals surface area contributed by atoms with Gasteiger partial charge >= 0.3 is 0 Å². The Morgan fingerprint density at radius 3 is 2.08 bits per heavy atom. The Morgan fingerprint density at radius 2 is 1.45 bits per heavy atom. The number of rotatable bonds is 9. The molecule has 8 nitrogen and oxygen atoms in total. The molecule has 0 spiro atoms. The number of benzene rings is 3. The van der Waals surface area contributed by atoms with E-state index in [2.05, 4.69) is 19.8 Å². The van der Waals surface area contributed by atoms with Crippen LogP contribution in [0.25, 0.3) is 0 Å². The molecule has 4 rings (SSSR count). The van der Waals surface area contributed by atoms with E-state index in [1.165, 1.54) is 0 Å². The van der Waals surface area contributed by atoms with Crippen LogP contribution in [0.4, 0.5) is 17.1 Å². The Labute approximate surface area is 225 Å². The predicted molar refractivity (Wildman–Crippen MR) is 153 cm³/mol. The molecule has 1 heterocycles. The maximum absolute atomic E-state index is 13.7. The van der Waals surface area contributed by atoms with Crippen LogP contribution in [0.1, 0.15) is 32.4 Å². The lowest BCUT2D eigenvalue weighted by molar-refractivity contribution is -0.118. The van der Waals surface area contributed by atoms with Gasteiger partial charge in [-0.15, -0.1) is 0 Å². The van der Waals surface area contributed by atoms with Gasteiger partial charge in [0, 0.05) is 43.8 Å². The lowest BCUT2D eigenvalue weighted by Crippen LogP contribution is -2.47. The minimum atomic E-state index is -3.92. The average molecular weight is 537 g/mol. The smallest absolute Gasteiger partial charge is 0.243 e. The number of amides is 1. The standard InChI is InChI=1S/C29H36N4O4S/c1-21(2)29(34)30-24-14-15-26(28(20-24)38(35,36)31-22(3)23-10-6-5-7-11-23)33-18-16-32(17-19-33)25-12-8-9-13-27(25)37-4/h5-15,20-22,31H,16-19H2,1-4H3,(H,30,34)/t22-/m0/s1. The summed E-state index contributed by atoms with van der Waals surface area (Å²) in [6.07, 6.45) is 0. The Balaban J connectivity index is 1.62. The van der Waals surface area contributed by atoms with Crippen molar-refractivity contribution in [2.75, 3.05) is 48.4 Å². The highest BCUT2D eigenvalue weighted by molar-refractivity contribution is 7.89. The average Bonchev–Trinajstić information content (AvgIpc) is 2.93. The Kier molecular flexibility index (Phi) is 8.58. The fraction of sp³-hybridized carbons (Fsp3) is 0.345. The molecule has 1 amide bonds. The zero-order valence-corrected chi connectivity index (χ0v) is 23.2. The highest BCUT2D eigenvalue weighted by Crippen LogP contribution is 2.33. The number of nitrogens with zero attached hydrogens (tertiary/aromatic N) is 2. The highest BCUT2D eigenvalue weighted by Gasteiger charge is 2.28. The van der Waals surface area contributed by atoms with E-state index in [1.54, 1.807) is 39.2 Å². The molecule has 0 unspecified atom stereocenters. The van der Waals surface area contributed by atoms with Crippen molar-refractivity contribution in [1.29, 1.82) is 0 Å². The zero-order valence-electron chi connectivity index (χ0n) is 22.3. The number of hydrogen-bond acceptors (Lipinski definition) is 6. The van der Waals surface area contributed by atoms with Crippen LogP contribution < -0.4 is 24.6 Å². The molecule has 3 aromatic carbocycles. The molecule has 1 aliphatic heterocycles. The van der Waals surface area contributed by atoms with E-state index >= 15 is 0 Å². The van der Waals surface area contributed by atoms with Crippen LogP contribution in [0.5, 0.6) is 5.75 Å². The van der Waals surface area contributed by atoms with E-state index in [-0.39, 0.29) is 16.7 Å². The van der Waals surface area contributed by atoms with E-state index in [0.717, 1.165) is 17.0 Å². The maximum atomic E-state index is 13.7. The molecule has 9 heteroatoms. The summed E-state index contributed by atoms with van der Waals surface area (Å²) in [4.78, 5) is 16.8. The fourth-order valence-electron chi connectivity index (χ4n) is 4.54. The van der Waals surface area contributed by atoms with Gasteiger partial charge < -0.3 is 19.9 Å². The molecule has 0 saturated carbocycles. The first-order valence-electron chi connectivity index (χ1n) is 12.8. The summed E-state index contributed by atoms with van der Waals surface area (Å²) in [5.41, 5.74) is 2.95. The van der Waals surface area contributed by atoms with Gasteiger partial charge in [-0.05, 0) is 42.8 Å². The van der Waals surface area contributed by atoms with Crippen LogP contribution in [0.15, 0.2) is 77.7 Å². The number of hydrogen-bond donors (Lipinski definition) is 2. The number of sulfonamides is 1. The van der Waals surface area contributed by atoms with Crippen LogP contribution in [-0.4, -0.2) is 47.6 Å². The molecule has 1 fully saturated rings. The Bertz CT molecular complexity index is 1350. The number of carbonyl (C=O) groups excluding carboxylic acids is 1. The molecule has 1 aliphatic rings. The van der Waals surface area contributed by atoms with Crippen LogP contribution in [0.2, 0.25) is 0 Å². The van der Waals surface area contributed by atoms with Crippen molar-refractivity contribution in [2.45, 2.75) is 31.7 Å². The highest BCUT2D eigenvalue weighted by atomic mass is 32.2. The number of piperazine rings is 1. The fourth-order valence-corrected chi connectivity index (χ4v) is 6.02. The third kappa shape index (κ3) is 6.28. The molecule has 1 saturated heterocycles. The summed E-state index contributed by atoms with van der Waals surface area (Å²) >= 11 is 0. The molecule has 0 radical (unpaired) electrons. The summed E-state index contributed by atoms with van der Waals surface area (Å²) in [5, 5.41) is 2.84. The van der Waals surface area contributed by atoms with Gasteiger partial charge in [0.05, 0.1) is 18.5 Å². The van der Waals surface area contributed by atoms with E-state index in [0.29, 0.717) is 37.6 Å². The number of para-hydroxylation sites is 2. The summed E-state index contributed by atoms with van der Waals surface area (Å²) in [5.74, 6) is 0.416. The molecule has 0 bridgehead atoms. The van der Waals surface area contributed by atoms with E-state index in [1.807, 2.05) is 61.5 Å². The third-order valence-electron chi connectivity index (χ3n) is 6.72. The third-order valence-corrected chi connectivity index (χ3v) is 8.29. The molecular weight excluding hydrogens is 500 g/mol. The van der Waals surface area contributed by atoms with Crippen molar-refractivity contribution in [3.8, 4) is 5.75 Å². The number of anilines is 3. The van der Waals surface area contributed by atoms with Crippen molar-refractivity contribution in [1.82, 2.24) is 4.72 Å². The van der Waals surface area contributed by atoms with Crippen LogP contribution in [0, 0.1) is 5.92 Å². The number of methoxy groups -OCH3 is 1. The van der Waals surface area contributed by atoms with E-state index in [4.69, 9.17) is 4.74 Å². The van der Waals surface area contributed by atoms with Gasteiger partial charge in [0.1, 0.15) is 10.6 Å². The normalized spacial score (nSPS) is 14.9. The van der Waals surface area contributed by atoms with Crippen LogP contribution in [0.3, 0.4) is 0 Å². The summed E-state index contributed by atoms with van der Waals surface area (Å²) in [6, 6.07) is 22.0. The van der Waals surface area contributed by atoms with Gasteiger partial charge in [-0.25, -0.2) is 13.1 Å². The lowest BCUT2D eigenvalue weighted by Gasteiger charge is -2.38. The van der Waals surface area contributed by atoms with Gasteiger partial charge in [0.25, 0.3) is 0 Å². The Hall–Kier alpha value is -3.56. The van der Waals surface area contributed by atoms with Gasteiger partial charge in [0.2, 0.25) is 15.9 Å². The molecule has 2 N–H and O–H groups in total. The van der Waals surface area contributed by atoms with Crippen molar-refractivity contribution in [2.24, 2.45) is 5.92 Å². The monoisotopic (exact) mass is 536 g/mol. The van der Waals surface area contributed by atoms with E-state index < -0.39 is 16.1 Å². The first-order chi connectivity index (χ1) is 18.2. The molecule has 1 atom stereocenters. The van der Waals surface area contributed by atoms with Gasteiger partial charge in [0.15, 0.2) is 0 Å². The molecule has 3 aromatic rings. The van der Waals surface area contributed by atoms with Gasteiger partial charge in [-0.3, -0.25) is 4.79 Å². The molecule has 0 aliphatic carbocycles. The quantitative estimate of drug-likeness (QED) is 0.414. The molecule has 38 heavy (non-hydrogen) atoms. The van der Waals surface area contributed by atoms with E-state index in [9.17, 15) is 13.2 Å². The molecular formula is C29H36N4O4S. The predicted octanol–water partition coefficient (Wildman–Crippen LogP) is 4.66. The molecule has 202 valence electrons. The minimum Gasteiger partial charge on any atom is -0.495 e. The zero-order chi connectivity index (χ0) is 27.3. The number of ether oxygens (including phenoxy) is 1. The second kappa shape index (κ2) is 11.9. The SMILES string of the molecule is COc1ccccc1N1CCN(c2ccc(NC(=O)C(C)C)cc2S(=O)(=O)N[C@@H](C)c2ccccc2)CC1. The first kappa shape index (κ1) is 27.5. The minimum absolute atomic E-state index is 0.146. The van der Waals surface area contributed by atoms with Crippen molar-refractivity contribution in [3.63, 3.8) is 0 Å². The second-order valence-corrected chi connectivity index (χ2v) is 11.4. The Morgan fingerprint density at radius 1 is 0.842 bits per heavy atom. The van der Waals surface area contributed by atoms with Crippen molar-refractivity contribution >= 4 is 33.0 Å². The molecule has 0 aromatic heterocycles. The maximum Gasteiger partial charge on any atom is 0.243 e. The van der Waals surface area contributed by atoms with Crippen molar-refractivity contribution < 1.29 is 17.9 Å². The number of carbonyl (C=O) groups is 1. The summed E-state index contributed by atoms with van der Waals surface area (Å²) in [7, 11) is -2.26.